The Bertz CT molecular complexity index is 553. The molecule has 1 aromatic heterocycles. The van der Waals surface area contributed by atoms with E-state index in [-0.39, 0.29) is 10.0 Å². The molecule has 6 nitrogen and oxygen atoms in total. The van der Waals surface area contributed by atoms with Crippen LogP contribution in [0.4, 0.5) is 10.7 Å². The van der Waals surface area contributed by atoms with Crippen LogP contribution in [-0.4, -0.2) is 15.8 Å². The highest BCUT2D eigenvalue weighted by molar-refractivity contribution is 7.16. The van der Waals surface area contributed by atoms with Crippen molar-refractivity contribution in [3.05, 3.63) is 51.7 Å². The van der Waals surface area contributed by atoms with Crippen LogP contribution < -0.4 is 5.32 Å². The monoisotopic (exact) mass is 249 g/mol. The van der Waals surface area contributed by atoms with Crippen LogP contribution in [-0.2, 0) is 0 Å². The van der Waals surface area contributed by atoms with Gasteiger partial charge in [0.15, 0.2) is 5.01 Å². The predicted octanol–water partition coefficient (Wildman–Crippen LogP) is 2.30. The lowest BCUT2D eigenvalue weighted by Gasteiger charge is -2.00. The number of rotatable bonds is 3. The highest BCUT2D eigenvalue weighted by atomic mass is 32.1. The van der Waals surface area contributed by atoms with Crippen LogP contribution in [0.5, 0.6) is 0 Å². The fraction of sp³-hybridized carbons (Fsp3) is 0. The third kappa shape index (κ3) is 2.64. The Labute approximate surface area is 100 Å². The molecular weight excluding hydrogens is 242 g/mol. The van der Waals surface area contributed by atoms with Gasteiger partial charge in [-0.3, -0.25) is 14.9 Å². The van der Waals surface area contributed by atoms with Gasteiger partial charge in [-0.2, -0.15) is 0 Å². The minimum absolute atomic E-state index is 0.0700. The molecule has 1 N–H and O–H groups in total. The zero-order chi connectivity index (χ0) is 12.3. The summed E-state index contributed by atoms with van der Waals surface area (Å²) >= 11 is 0.746. The van der Waals surface area contributed by atoms with Gasteiger partial charge in [-0.15, -0.1) is 0 Å². The van der Waals surface area contributed by atoms with Crippen molar-refractivity contribution in [2.24, 2.45) is 0 Å². The molecule has 0 saturated carbocycles. The number of nitrogens with zero attached hydrogens (tertiary/aromatic N) is 2. The smallest absolute Gasteiger partial charge is 0.320 e. The first-order valence-electron chi connectivity index (χ1n) is 4.63. The molecule has 0 saturated heterocycles. The Balaban J connectivity index is 2.12. The molecule has 0 bridgehead atoms. The maximum absolute atomic E-state index is 11.7. The second-order valence-electron chi connectivity index (χ2n) is 3.08. The first-order valence-corrected chi connectivity index (χ1v) is 5.45. The second-order valence-corrected chi connectivity index (χ2v) is 4.09. The van der Waals surface area contributed by atoms with Crippen LogP contribution in [0.2, 0.25) is 0 Å². The van der Waals surface area contributed by atoms with Gasteiger partial charge in [-0.1, -0.05) is 18.2 Å². The molecule has 0 atom stereocenters. The number of anilines is 1. The van der Waals surface area contributed by atoms with Gasteiger partial charge < -0.3 is 5.32 Å². The molecule has 1 heterocycles. The van der Waals surface area contributed by atoms with E-state index in [1.807, 2.05) is 6.07 Å². The molecule has 0 fully saturated rings. The Kier molecular flexibility index (Phi) is 3.10. The number of para-hydroxylation sites is 1. The molecule has 0 unspecified atom stereocenters. The SMILES string of the molecule is O=C(Nc1ccccc1)c1ncc([N+](=O)[O-])s1. The molecule has 86 valence electrons. The Morgan fingerprint density at radius 3 is 2.65 bits per heavy atom. The topological polar surface area (TPSA) is 85.1 Å². The standard InChI is InChI=1S/C10H7N3O3S/c14-9(12-7-4-2-1-3-5-7)10-11-6-8(17-10)13(15)16/h1-6H,(H,12,14). The van der Waals surface area contributed by atoms with Crippen LogP contribution >= 0.6 is 11.3 Å². The van der Waals surface area contributed by atoms with Gasteiger partial charge in [0.2, 0.25) is 0 Å². The van der Waals surface area contributed by atoms with E-state index in [1.165, 1.54) is 0 Å². The summed E-state index contributed by atoms with van der Waals surface area (Å²) < 4.78 is 0. The van der Waals surface area contributed by atoms with Crippen LogP contribution in [0, 0.1) is 10.1 Å². The lowest BCUT2D eigenvalue weighted by molar-refractivity contribution is -0.380. The van der Waals surface area contributed by atoms with E-state index in [0.29, 0.717) is 5.69 Å². The third-order valence-electron chi connectivity index (χ3n) is 1.90. The van der Waals surface area contributed by atoms with Crippen molar-refractivity contribution in [2.75, 3.05) is 5.32 Å². The zero-order valence-electron chi connectivity index (χ0n) is 8.49. The number of nitrogens with one attached hydrogen (secondary N) is 1. The van der Waals surface area contributed by atoms with Crippen molar-refractivity contribution in [2.45, 2.75) is 0 Å². The number of hydrogen-bond donors (Lipinski definition) is 1. The van der Waals surface area contributed by atoms with Crippen LogP contribution in [0.25, 0.3) is 0 Å². The summed E-state index contributed by atoms with van der Waals surface area (Å²) in [4.78, 5) is 25.2. The summed E-state index contributed by atoms with van der Waals surface area (Å²) in [5, 5.41) is 13.0. The Morgan fingerprint density at radius 1 is 1.35 bits per heavy atom. The normalized spacial score (nSPS) is 9.88. The summed E-state index contributed by atoms with van der Waals surface area (Å²) in [5.41, 5.74) is 0.621. The number of thiazole rings is 1. The van der Waals surface area contributed by atoms with Gasteiger partial charge in [0.1, 0.15) is 6.20 Å². The van der Waals surface area contributed by atoms with E-state index in [0.717, 1.165) is 17.5 Å². The van der Waals surface area contributed by atoms with Crippen molar-refractivity contribution < 1.29 is 9.72 Å². The largest absolute Gasteiger partial charge is 0.344 e. The molecule has 0 aliphatic rings. The highest BCUT2D eigenvalue weighted by Gasteiger charge is 2.16. The van der Waals surface area contributed by atoms with Crippen molar-refractivity contribution in [3.8, 4) is 0 Å². The summed E-state index contributed by atoms with van der Waals surface area (Å²) in [6, 6.07) is 8.82. The second kappa shape index (κ2) is 4.71. The first kappa shape index (κ1) is 11.2. The molecule has 17 heavy (non-hydrogen) atoms. The number of hydrogen-bond acceptors (Lipinski definition) is 5. The van der Waals surface area contributed by atoms with Crippen molar-refractivity contribution in [3.63, 3.8) is 0 Å². The summed E-state index contributed by atoms with van der Waals surface area (Å²) in [6.45, 7) is 0. The number of benzene rings is 1. The van der Waals surface area contributed by atoms with E-state index in [1.54, 1.807) is 24.3 Å². The number of carbonyl (C=O) groups is 1. The fourth-order valence-corrected chi connectivity index (χ4v) is 1.79. The van der Waals surface area contributed by atoms with Crippen molar-refractivity contribution in [1.29, 1.82) is 0 Å². The maximum Gasteiger partial charge on any atom is 0.344 e. The molecule has 0 aliphatic carbocycles. The highest BCUT2D eigenvalue weighted by Crippen LogP contribution is 2.21. The van der Waals surface area contributed by atoms with Gasteiger partial charge >= 0.3 is 5.00 Å². The lowest BCUT2D eigenvalue weighted by atomic mass is 10.3. The fourth-order valence-electron chi connectivity index (χ4n) is 1.16. The summed E-state index contributed by atoms with van der Waals surface area (Å²) in [7, 11) is 0. The molecule has 7 heteroatoms. The number of nitro groups is 1. The van der Waals surface area contributed by atoms with Gasteiger partial charge in [0.05, 0.1) is 4.92 Å². The summed E-state index contributed by atoms with van der Waals surface area (Å²) in [6.07, 6.45) is 1.07. The molecule has 1 aromatic carbocycles. The molecule has 0 radical (unpaired) electrons. The molecule has 0 spiro atoms. The average molecular weight is 249 g/mol. The van der Waals surface area contributed by atoms with E-state index in [2.05, 4.69) is 10.3 Å². The van der Waals surface area contributed by atoms with Crippen LogP contribution in [0.1, 0.15) is 9.80 Å². The van der Waals surface area contributed by atoms with Gasteiger partial charge in [0.25, 0.3) is 5.91 Å². The van der Waals surface area contributed by atoms with E-state index >= 15 is 0 Å². The first-order chi connectivity index (χ1) is 8.16. The van der Waals surface area contributed by atoms with Crippen molar-refractivity contribution >= 4 is 27.9 Å². The predicted molar refractivity (Wildman–Crippen MR) is 63.2 cm³/mol. The number of amides is 1. The maximum atomic E-state index is 11.7. The van der Waals surface area contributed by atoms with Gasteiger partial charge in [0, 0.05) is 5.69 Å². The molecule has 2 rings (SSSR count). The Morgan fingerprint density at radius 2 is 2.06 bits per heavy atom. The third-order valence-corrected chi connectivity index (χ3v) is 2.85. The van der Waals surface area contributed by atoms with Gasteiger partial charge in [-0.25, -0.2) is 4.98 Å². The number of carbonyl (C=O) groups excluding carboxylic acids is 1. The van der Waals surface area contributed by atoms with E-state index in [4.69, 9.17) is 0 Å². The Hall–Kier alpha value is -2.28. The number of aromatic nitrogens is 1. The molecular formula is C10H7N3O3S. The zero-order valence-corrected chi connectivity index (χ0v) is 9.31. The van der Waals surface area contributed by atoms with Crippen LogP contribution in [0.15, 0.2) is 36.5 Å². The minimum atomic E-state index is -0.572. The molecule has 2 aromatic rings. The van der Waals surface area contributed by atoms with Crippen molar-refractivity contribution in [1.82, 2.24) is 4.98 Å². The molecule has 1 amide bonds. The van der Waals surface area contributed by atoms with E-state index in [9.17, 15) is 14.9 Å². The van der Waals surface area contributed by atoms with Gasteiger partial charge in [-0.05, 0) is 23.5 Å². The summed E-state index contributed by atoms with van der Waals surface area (Å²) in [5.74, 6) is -0.450. The average Bonchev–Trinajstić information content (AvgIpc) is 2.79. The van der Waals surface area contributed by atoms with E-state index < -0.39 is 10.8 Å². The minimum Gasteiger partial charge on any atom is -0.320 e. The molecule has 0 aliphatic heterocycles. The quantitative estimate of drug-likeness (QED) is 0.668. The lowest BCUT2D eigenvalue weighted by Crippen LogP contribution is -2.10. The van der Waals surface area contributed by atoms with Crippen LogP contribution in [0.3, 0.4) is 0 Å².